The molecule has 2 aliphatic heterocycles. The molecule has 35 heavy (non-hydrogen) atoms. The molecule has 1 unspecified atom stereocenters. The van der Waals surface area contributed by atoms with Gasteiger partial charge in [0.25, 0.3) is 0 Å². The van der Waals surface area contributed by atoms with Crippen LogP contribution in [0.15, 0.2) is 35.4 Å². The van der Waals surface area contributed by atoms with Crippen LogP contribution in [-0.4, -0.2) is 49.0 Å². The number of anilines is 1. The number of nitrogens with two attached hydrogens (primary N) is 1. The summed E-state index contributed by atoms with van der Waals surface area (Å²) in [5.74, 6) is 0.149. The molecule has 8 heteroatoms. The number of benzene rings is 1. The van der Waals surface area contributed by atoms with Crippen LogP contribution in [0, 0.1) is 23.3 Å². The third-order valence-corrected chi connectivity index (χ3v) is 8.62. The Balaban J connectivity index is 1.70. The summed E-state index contributed by atoms with van der Waals surface area (Å²) in [5.41, 5.74) is 8.41. The lowest BCUT2D eigenvalue weighted by Crippen LogP contribution is -2.48. The zero-order valence-corrected chi connectivity index (χ0v) is 21.3. The van der Waals surface area contributed by atoms with Gasteiger partial charge in [-0.2, -0.15) is 5.26 Å². The number of nitriles is 1. The van der Waals surface area contributed by atoms with Crippen molar-refractivity contribution < 1.29 is 4.79 Å². The van der Waals surface area contributed by atoms with E-state index in [2.05, 4.69) is 27.8 Å². The molecule has 7 nitrogen and oxygen atoms in total. The normalized spacial score (nSPS) is 18.6. The van der Waals surface area contributed by atoms with Gasteiger partial charge >= 0.3 is 0 Å². The molecular weight excluding hydrogens is 456 g/mol. The molecule has 1 aromatic carbocycles. The van der Waals surface area contributed by atoms with Gasteiger partial charge < -0.3 is 15.5 Å². The molecule has 2 aromatic rings. The fraction of sp³-hybridized carbons (Fsp3) is 0.481. The highest BCUT2D eigenvalue weighted by Crippen LogP contribution is 2.45. The lowest BCUT2D eigenvalue weighted by molar-refractivity contribution is -0.117. The van der Waals surface area contributed by atoms with Crippen LogP contribution in [0.25, 0.3) is 4.85 Å². The first-order chi connectivity index (χ1) is 16.9. The predicted molar refractivity (Wildman–Crippen MR) is 139 cm³/mol. The Morgan fingerprint density at radius 3 is 2.57 bits per heavy atom. The number of likely N-dealkylation sites (tertiary alicyclic amines) is 1. The maximum atomic E-state index is 12.4. The fourth-order valence-corrected chi connectivity index (χ4v) is 6.61. The first kappa shape index (κ1) is 25.0. The minimum atomic E-state index is -0.672. The highest BCUT2D eigenvalue weighted by molar-refractivity contribution is 8.00. The Kier molecular flexibility index (Phi) is 7.64. The second-order valence-corrected chi connectivity index (χ2v) is 10.8. The van der Waals surface area contributed by atoms with E-state index in [1.54, 1.807) is 0 Å². The maximum absolute atomic E-state index is 12.4. The van der Waals surface area contributed by atoms with E-state index in [-0.39, 0.29) is 0 Å². The Morgan fingerprint density at radius 2 is 2.00 bits per heavy atom. The largest absolute Gasteiger partial charge is 0.368 e. The predicted octanol–water partition coefficient (Wildman–Crippen LogP) is 4.70. The van der Waals surface area contributed by atoms with Gasteiger partial charge in [0, 0.05) is 19.6 Å². The monoisotopic (exact) mass is 488 g/mol. The number of hydrogen-bond donors (Lipinski definition) is 1. The zero-order chi connectivity index (χ0) is 25.0. The van der Waals surface area contributed by atoms with Crippen LogP contribution < -0.4 is 10.6 Å². The number of amides is 1. The van der Waals surface area contributed by atoms with E-state index in [1.807, 2.05) is 37.3 Å². The molecule has 1 amide bonds. The summed E-state index contributed by atoms with van der Waals surface area (Å²) < 4.78 is 0. The zero-order valence-electron chi connectivity index (χ0n) is 20.5. The second-order valence-electron chi connectivity index (χ2n) is 9.66. The number of pyridine rings is 1. The number of carbonyl (C=O) groups excluding carboxylic acids is 1. The quantitative estimate of drug-likeness (QED) is 0.468. The van der Waals surface area contributed by atoms with Crippen LogP contribution >= 0.6 is 11.8 Å². The van der Waals surface area contributed by atoms with Gasteiger partial charge in [0.05, 0.1) is 12.1 Å². The van der Waals surface area contributed by atoms with E-state index in [1.165, 1.54) is 24.6 Å². The third kappa shape index (κ3) is 5.15. The summed E-state index contributed by atoms with van der Waals surface area (Å²) in [6, 6.07) is 11.6. The van der Waals surface area contributed by atoms with Crippen molar-refractivity contribution in [3.8, 4) is 6.07 Å². The smallest absolute Gasteiger partial charge is 0.235 e. The summed E-state index contributed by atoms with van der Waals surface area (Å²) in [6.45, 7) is 13.8. The average molecular weight is 489 g/mol. The van der Waals surface area contributed by atoms with Crippen LogP contribution in [-0.2, 0) is 11.2 Å². The topological polar surface area (TPSA) is 90.6 Å². The first-order valence-corrected chi connectivity index (χ1v) is 13.1. The number of piperidine rings is 2. The van der Waals surface area contributed by atoms with Crippen molar-refractivity contribution in [3.05, 3.63) is 58.4 Å². The molecule has 1 spiro atoms. The molecule has 1 atom stereocenters. The molecule has 0 saturated carbocycles. The molecule has 2 saturated heterocycles. The number of carbonyl (C=O) groups is 1. The van der Waals surface area contributed by atoms with Gasteiger partial charge in [0.1, 0.15) is 22.2 Å². The third-order valence-electron chi connectivity index (χ3n) is 7.36. The molecule has 2 aliphatic rings. The number of aromatic nitrogens is 1. The minimum absolute atomic E-state index is 0.337. The van der Waals surface area contributed by atoms with Crippen LogP contribution in [0.2, 0.25) is 0 Å². The van der Waals surface area contributed by atoms with Gasteiger partial charge in [-0.15, -0.1) is 0 Å². The molecule has 0 radical (unpaired) electrons. The van der Waals surface area contributed by atoms with E-state index >= 15 is 0 Å². The number of rotatable bonds is 6. The lowest BCUT2D eigenvalue weighted by atomic mass is 9.72. The Labute approximate surface area is 212 Å². The second kappa shape index (κ2) is 10.7. The SMILES string of the molecule is [C-]#[N+]c1c(N2CCC3(CCCN(C)C3)CC2)nc(SC(C(N)=O)c2ccccc2)c(C#N)c1CC. The number of hydrogen-bond acceptors (Lipinski definition) is 6. The minimum Gasteiger partial charge on any atom is -0.368 e. The Morgan fingerprint density at radius 1 is 1.29 bits per heavy atom. The molecular formula is C27H32N6OS. The van der Waals surface area contributed by atoms with Gasteiger partial charge in [-0.05, 0) is 62.2 Å². The molecule has 182 valence electrons. The van der Waals surface area contributed by atoms with E-state index < -0.39 is 11.2 Å². The van der Waals surface area contributed by atoms with Crippen LogP contribution in [0.5, 0.6) is 0 Å². The van der Waals surface area contributed by atoms with Crippen molar-refractivity contribution in [2.45, 2.75) is 49.3 Å². The van der Waals surface area contributed by atoms with Gasteiger partial charge in [-0.1, -0.05) is 49.0 Å². The molecule has 3 heterocycles. The molecule has 1 aromatic heterocycles. The Bertz CT molecular complexity index is 1160. The number of primary amides is 1. The highest BCUT2D eigenvalue weighted by atomic mass is 32.2. The van der Waals surface area contributed by atoms with Gasteiger partial charge in [0.15, 0.2) is 0 Å². The lowest BCUT2D eigenvalue weighted by Gasteiger charge is -2.47. The van der Waals surface area contributed by atoms with Gasteiger partial charge in [-0.3, -0.25) is 4.79 Å². The maximum Gasteiger partial charge on any atom is 0.235 e. The number of thioether (sulfide) groups is 1. The molecule has 0 bridgehead atoms. The summed E-state index contributed by atoms with van der Waals surface area (Å²) in [5, 5.41) is 9.82. The van der Waals surface area contributed by atoms with Crippen LogP contribution in [0.3, 0.4) is 0 Å². The number of nitrogens with zero attached hydrogens (tertiary/aromatic N) is 5. The van der Waals surface area contributed by atoms with E-state index in [0.717, 1.165) is 44.6 Å². The van der Waals surface area contributed by atoms with Crippen molar-refractivity contribution in [2.24, 2.45) is 11.1 Å². The van der Waals surface area contributed by atoms with Crippen molar-refractivity contribution in [2.75, 3.05) is 38.1 Å². The van der Waals surface area contributed by atoms with E-state index in [0.29, 0.717) is 39.5 Å². The summed E-state index contributed by atoms with van der Waals surface area (Å²) in [4.78, 5) is 25.8. The molecule has 0 aliphatic carbocycles. The van der Waals surface area contributed by atoms with Crippen LogP contribution in [0.4, 0.5) is 11.5 Å². The van der Waals surface area contributed by atoms with Crippen molar-refractivity contribution in [1.82, 2.24) is 9.88 Å². The summed E-state index contributed by atoms with van der Waals surface area (Å²) >= 11 is 1.21. The molecule has 4 rings (SSSR count). The molecule has 2 N–H and O–H groups in total. The first-order valence-electron chi connectivity index (χ1n) is 12.2. The van der Waals surface area contributed by atoms with Crippen molar-refractivity contribution in [3.63, 3.8) is 0 Å². The van der Waals surface area contributed by atoms with Crippen LogP contribution in [0.1, 0.15) is 54.5 Å². The van der Waals surface area contributed by atoms with Gasteiger partial charge in [-0.25, -0.2) is 9.83 Å². The van der Waals surface area contributed by atoms with Gasteiger partial charge in [0.2, 0.25) is 11.6 Å². The molecule has 2 fully saturated rings. The summed E-state index contributed by atoms with van der Waals surface area (Å²) in [6.07, 6.45) is 5.15. The fourth-order valence-electron chi connectivity index (χ4n) is 5.56. The Hall–Kier alpha value is -3.07. The van der Waals surface area contributed by atoms with Crippen molar-refractivity contribution >= 4 is 29.2 Å². The van der Waals surface area contributed by atoms with E-state index in [4.69, 9.17) is 17.3 Å². The van der Waals surface area contributed by atoms with E-state index in [9.17, 15) is 10.1 Å². The summed E-state index contributed by atoms with van der Waals surface area (Å²) in [7, 11) is 2.20. The highest BCUT2D eigenvalue weighted by Gasteiger charge is 2.38. The average Bonchev–Trinajstić information content (AvgIpc) is 2.87. The standard InChI is InChI=1S/C27H32N6OS/c1-4-20-21(17-28)26(35-23(24(29)34)19-9-6-5-7-10-19)31-25(22(20)30-2)33-15-12-27(13-16-33)11-8-14-32(3)18-27/h5-7,9-10,23H,4,8,11-16,18H2,1,3H3,(H2,29,34). The van der Waals surface area contributed by atoms with Crippen molar-refractivity contribution in [1.29, 1.82) is 5.26 Å².